The van der Waals surface area contributed by atoms with E-state index in [2.05, 4.69) is 41.2 Å². The van der Waals surface area contributed by atoms with Gasteiger partial charge in [0.05, 0.1) is 17.4 Å². The van der Waals surface area contributed by atoms with Crippen LogP contribution < -0.4 is 5.32 Å². The third-order valence-electron chi connectivity index (χ3n) is 3.22. The van der Waals surface area contributed by atoms with Crippen molar-refractivity contribution in [3.63, 3.8) is 0 Å². The van der Waals surface area contributed by atoms with Gasteiger partial charge < -0.3 is 5.32 Å². The van der Waals surface area contributed by atoms with Gasteiger partial charge in [0, 0.05) is 29.5 Å². The quantitative estimate of drug-likeness (QED) is 0.922. The molecule has 0 atom stereocenters. The topological polar surface area (TPSA) is 72.7 Å². The number of aromatic nitrogens is 4. The van der Waals surface area contributed by atoms with Crippen LogP contribution in [0.3, 0.4) is 0 Å². The maximum Gasteiger partial charge on any atom is 0.277 e. The fraction of sp³-hybridized carbons (Fsp3) is 0.429. The number of amides is 1. The van der Waals surface area contributed by atoms with Gasteiger partial charge in [-0.15, -0.1) is 0 Å². The minimum Gasteiger partial charge on any atom is -0.305 e. The van der Waals surface area contributed by atoms with E-state index < -0.39 is 0 Å². The van der Waals surface area contributed by atoms with Crippen molar-refractivity contribution >= 4 is 23.5 Å². The molecule has 0 unspecified atom stereocenters. The van der Waals surface area contributed by atoms with E-state index >= 15 is 0 Å². The molecule has 110 valence electrons. The van der Waals surface area contributed by atoms with Crippen molar-refractivity contribution < 1.29 is 4.79 Å². The largest absolute Gasteiger partial charge is 0.305 e. The van der Waals surface area contributed by atoms with Crippen LogP contribution in [-0.2, 0) is 17.0 Å². The SMILES string of the molecule is CC(C)(C)n1nc2c(c1NC(=O)c1cnccn1)CSC2. The number of carbonyl (C=O) groups excluding carboxylic acids is 1. The van der Waals surface area contributed by atoms with E-state index in [-0.39, 0.29) is 11.4 Å². The summed E-state index contributed by atoms with van der Waals surface area (Å²) in [5, 5.41) is 7.61. The van der Waals surface area contributed by atoms with E-state index in [1.54, 1.807) is 6.20 Å². The van der Waals surface area contributed by atoms with Gasteiger partial charge in [0.1, 0.15) is 11.5 Å². The second-order valence-corrected chi connectivity index (χ2v) is 6.88. The molecule has 1 aliphatic rings. The Bertz CT molecular complexity index is 675. The van der Waals surface area contributed by atoms with Crippen molar-refractivity contribution in [2.45, 2.75) is 37.8 Å². The van der Waals surface area contributed by atoms with Gasteiger partial charge in [0.2, 0.25) is 0 Å². The number of hydrogen-bond acceptors (Lipinski definition) is 5. The Balaban J connectivity index is 1.97. The number of nitrogens with one attached hydrogen (secondary N) is 1. The summed E-state index contributed by atoms with van der Waals surface area (Å²) in [6, 6.07) is 0. The third kappa shape index (κ3) is 2.65. The molecule has 1 N–H and O–H groups in total. The summed E-state index contributed by atoms with van der Waals surface area (Å²) in [5.41, 5.74) is 2.29. The van der Waals surface area contributed by atoms with Crippen molar-refractivity contribution in [3.05, 3.63) is 35.5 Å². The van der Waals surface area contributed by atoms with E-state index in [1.165, 1.54) is 12.4 Å². The number of thioether (sulfide) groups is 1. The van der Waals surface area contributed by atoms with E-state index in [0.717, 1.165) is 28.6 Å². The Kier molecular flexibility index (Phi) is 3.44. The molecular weight excluding hydrogens is 286 g/mol. The molecule has 2 aromatic rings. The lowest BCUT2D eigenvalue weighted by atomic mass is 10.1. The first-order valence-electron chi connectivity index (χ1n) is 6.73. The Morgan fingerprint density at radius 2 is 2.14 bits per heavy atom. The third-order valence-corrected chi connectivity index (χ3v) is 4.19. The predicted octanol–water partition coefficient (Wildman–Crippen LogP) is 2.43. The monoisotopic (exact) mass is 303 g/mol. The average molecular weight is 303 g/mol. The van der Waals surface area contributed by atoms with Crippen LogP contribution in [0.15, 0.2) is 18.6 Å². The number of anilines is 1. The number of hydrogen-bond donors (Lipinski definition) is 1. The predicted molar refractivity (Wildman–Crippen MR) is 82.2 cm³/mol. The van der Waals surface area contributed by atoms with Crippen molar-refractivity contribution in [2.24, 2.45) is 0 Å². The molecule has 3 rings (SSSR count). The average Bonchev–Trinajstić information content (AvgIpc) is 3.01. The summed E-state index contributed by atoms with van der Waals surface area (Å²) < 4.78 is 1.89. The van der Waals surface area contributed by atoms with Gasteiger partial charge in [-0.05, 0) is 20.8 Å². The van der Waals surface area contributed by atoms with Crippen LogP contribution in [0, 0.1) is 0 Å². The van der Waals surface area contributed by atoms with Crippen LogP contribution in [0.1, 0.15) is 42.5 Å². The number of rotatable bonds is 2. The number of nitrogens with zero attached hydrogens (tertiary/aromatic N) is 4. The molecule has 0 aromatic carbocycles. The van der Waals surface area contributed by atoms with Crippen LogP contribution in [0.4, 0.5) is 5.82 Å². The molecule has 6 nitrogen and oxygen atoms in total. The summed E-state index contributed by atoms with van der Waals surface area (Å²) in [5.74, 6) is 2.29. The second kappa shape index (κ2) is 5.14. The maximum absolute atomic E-state index is 12.3. The molecule has 0 aliphatic carbocycles. The fourth-order valence-electron chi connectivity index (χ4n) is 2.21. The highest BCUT2D eigenvalue weighted by Gasteiger charge is 2.29. The summed E-state index contributed by atoms with van der Waals surface area (Å²) in [6.45, 7) is 6.21. The molecule has 0 spiro atoms. The Labute approximate surface area is 127 Å². The highest BCUT2D eigenvalue weighted by molar-refractivity contribution is 7.98. The molecule has 1 amide bonds. The van der Waals surface area contributed by atoms with Gasteiger partial charge in [-0.25, -0.2) is 9.67 Å². The van der Waals surface area contributed by atoms with Gasteiger partial charge in [-0.1, -0.05) is 0 Å². The molecule has 0 fully saturated rings. The van der Waals surface area contributed by atoms with Crippen LogP contribution in [0.2, 0.25) is 0 Å². The van der Waals surface area contributed by atoms with Crippen molar-refractivity contribution in [1.29, 1.82) is 0 Å². The standard InChI is InChI=1S/C14H17N5OS/c1-14(2,3)19-12(9-7-21-8-11(9)18-19)17-13(20)10-6-15-4-5-16-10/h4-6H,7-8H2,1-3H3,(H,17,20). The fourth-order valence-corrected chi connectivity index (χ4v) is 3.25. The number of carbonyl (C=O) groups is 1. The molecule has 0 radical (unpaired) electrons. The molecule has 0 saturated carbocycles. The van der Waals surface area contributed by atoms with E-state index in [9.17, 15) is 4.79 Å². The Morgan fingerprint density at radius 1 is 1.33 bits per heavy atom. The number of fused-ring (bicyclic) bond motifs is 1. The lowest BCUT2D eigenvalue weighted by Crippen LogP contribution is -2.27. The zero-order valence-electron chi connectivity index (χ0n) is 12.3. The van der Waals surface area contributed by atoms with Gasteiger partial charge in [0.15, 0.2) is 0 Å². The maximum atomic E-state index is 12.3. The van der Waals surface area contributed by atoms with Crippen molar-refractivity contribution in [2.75, 3.05) is 5.32 Å². The van der Waals surface area contributed by atoms with Crippen molar-refractivity contribution in [3.8, 4) is 0 Å². The molecule has 3 heterocycles. The molecule has 0 saturated heterocycles. The van der Waals surface area contributed by atoms with Crippen molar-refractivity contribution in [1.82, 2.24) is 19.7 Å². The lowest BCUT2D eigenvalue weighted by Gasteiger charge is -2.23. The second-order valence-electron chi connectivity index (χ2n) is 5.89. The summed E-state index contributed by atoms with van der Waals surface area (Å²) in [6.07, 6.45) is 4.52. The minimum atomic E-state index is -0.256. The first kappa shape index (κ1) is 14.1. The molecule has 0 bridgehead atoms. The Morgan fingerprint density at radius 3 is 2.81 bits per heavy atom. The lowest BCUT2D eigenvalue weighted by molar-refractivity contribution is 0.102. The van der Waals surface area contributed by atoms with Crippen LogP contribution in [0.5, 0.6) is 0 Å². The van der Waals surface area contributed by atoms with Crippen LogP contribution in [0.25, 0.3) is 0 Å². The molecule has 21 heavy (non-hydrogen) atoms. The van der Waals surface area contributed by atoms with Crippen LogP contribution >= 0.6 is 11.8 Å². The van der Waals surface area contributed by atoms with Gasteiger partial charge in [0.25, 0.3) is 5.91 Å². The highest BCUT2D eigenvalue weighted by Crippen LogP contribution is 2.37. The molecular formula is C14H17N5OS. The minimum absolute atomic E-state index is 0.194. The molecule has 7 heteroatoms. The Hall–Kier alpha value is -1.89. The van der Waals surface area contributed by atoms with E-state index in [0.29, 0.717) is 5.69 Å². The smallest absolute Gasteiger partial charge is 0.277 e. The van der Waals surface area contributed by atoms with E-state index in [1.807, 2.05) is 16.4 Å². The first-order valence-corrected chi connectivity index (χ1v) is 7.88. The molecule has 2 aromatic heterocycles. The zero-order chi connectivity index (χ0) is 15.0. The molecule has 1 aliphatic heterocycles. The highest BCUT2D eigenvalue weighted by atomic mass is 32.2. The summed E-state index contributed by atoms with van der Waals surface area (Å²) in [7, 11) is 0. The normalized spacial score (nSPS) is 14.0. The summed E-state index contributed by atoms with van der Waals surface area (Å²) in [4.78, 5) is 20.3. The summed E-state index contributed by atoms with van der Waals surface area (Å²) >= 11 is 1.81. The zero-order valence-corrected chi connectivity index (χ0v) is 13.1. The van der Waals surface area contributed by atoms with E-state index in [4.69, 9.17) is 0 Å². The van der Waals surface area contributed by atoms with Gasteiger partial charge in [-0.2, -0.15) is 16.9 Å². The van der Waals surface area contributed by atoms with Gasteiger partial charge >= 0.3 is 0 Å². The first-order chi connectivity index (χ1) is 9.97. The van der Waals surface area contributed by atoms with Crippen LogP contribution in [-0.4, -0.2) is 25.7 Å². The van der Waals surface area contributed by atoms with Gasteiger partial charge in [-0.3, -0.25) is 9.78 Å².